The van der Waals surface area contributed by atoms with E-state index >= 15 is 0 Å². The zero-order valence-corrected chi connectivity index (χ0v) is 23.7. The lowest BCUT2D eigenvalue weighted by Crippen LogP contribution is -2.60. The molecule has 216 valence electrons. The van der Waals surface area contributed by atoms with Crippen LogP contribution in [-0.4, -0.2) is 62.1 Å². The standard InChI is InChI=1S/C32H34O9/c1-19-6-10-21(11-7-19)29(33)36-18-25-26-27(41-32(3,4)40-26)28(39-30(34)22-12-8-20(2)9-13-22)31(38-25)37-24-16-14-23(35-5)15-17-24/h6-17,25-28,31H,18H2,1-5H3/t25-,26+,27+,28-,31-/m1/s1. The Morgan fingerprint density at radius 2 is 1.29 bits per heavy atom. The first-order valence-electron chi connectivity index (χ1n) is 13.4. The van der Waals surface area contributed by atoms with Crippen molar-refractivity contribution in [3.63, 3.8) is 0 Å². The number of hydrogen-bond donors (Lipinski definition) is 0. The van der Waals surface area contributed by atoms with Gasteiger partial charge in [-0.05, 0) is 76.2 Å². The Labute approximate surface area is 239 Å². The molecular formula is C32H34O9. The van der Waals surface area contributed by atoms with Gasteiger partial charge in [0, 0.05) is 0 Å². The van der Waals surface area contributed by atoms with Gasteiger partial charge in [0.1, 0.15) is 36.4 Å². The summed E-state index contributed by atoms with van der Waals surface area (Å²) in [6, 6.07) is 21.1. The van der Waals surface area contributed by atoms with Gasteiger partial charge in [-0.25, -0.2) is 9.59 Å². The molecule has 2 aliphatic rings. The molecule has 0 unspecified atom stereocenters. The highest BCUT2D eigenvalue weighted by atomic mass is 16.8. The molecule has 9 nitrogen and oxygen atoms in total. The van der Waals surface area contributed by atoms with E-state index in [1.165, 1.54) is 0 Å². The van der Waals surface area contributed by atoms with Crippen LogP contribution >= 0.6 is 0 Å². The fraction of sp³-hybridized carbons (Fsp3) is 0.375. The smallest absolute Gasteiger partial charge is 0.338 e. The number of hydrogen-bond acceptors (Lipinski definition) is 9. The number of esters is 2. The fourth-order valence-electron chi connectivity index (χ4n) is 4.79. The second-order valence-corrected chi connectivity index (χ2v) is 10.6. The van der Waals surface area contributed by atoms with Gasteiger partial charge in [-0.2, -0.15) is 0 Å². The van der Waals surface area contributed by atoms with Gasteiger partial charge < -0.3 is 33.2 Å². The highest BCUT2D eigenvalue weighted by Gasteiger charge is 2.58. The van der Waals surface area contributed by atoms with Gasteiger partial charge in [0.25, 0.3) is 0 Å². The molecule has 0 bridgehead atoms. The number of ether oxygens (including phenoxy) is 7. The number of carbonyl (C=O) groups excluding carboxylic acids is 2. The molecule has 2 aliphatic heterocycles. The van der Waals surface area contributed by atoms with E-state index in [2.05, 4.69) is 0 Å². The molecule has 0 aliphatic carbocycles. The minimum absolute atomic E-state index is 0.131. The number of rotatable bonds is 8. The van der Waals surface area contributed by atoms with Crippen LogP contribution in [0.2, 0.25) is 0 Å². The van der Waals surface area contributed by atoms with Crippen molar-refractivity contribution in [2.45, 2.75) is 64.2 Å². The Balaban J connectivity index is 1.40. The molecule has 0 amide bonds. The molecule has 5 atom stereocenters. The molecule has 3 aromatic carbocycles. The second-order valence-electron chi connectivity index (χ2n) is 10.6. The van der Waals surface area contributed by atoms with Crippen molar-refractivity contribution in [3.8, 4) is 11.5 Å². The molecule has 0 spiro atoms. The van der Waals surface area contributed by atoms with Crippen molar-refractivity contribution < 1.29 is 42.7 Å². The van der Waals surface area contributed by atoms with Crippen LogP contribution in [-0.2, 0) is 23.7 Å². The van der Waals surface area contributed by atoms with Gasteiger partial charge in [0.2, 0.25) is 6.29 Å². The molecule has 2 heterocycles. The van der Waals surface area contributed by atoms with Gasteiger partial charge >= 0.3 is 11.9 Å². The number of benzene rings is 3. The van der Waals surface area contributed by atoms with Crippen LogP contribution in [0.5, 0.6) is 11.5 Å². The third-order valence-electron chi connectivity index (χ3n) is 6.94. The summed E-state index contributed by atoms with van der Waals surface area (Å²) in [6.45, 7) is 7.27. The first-order chi connectivity index (χ1) is 19.6. The van der Waals surface area contributed by atoms with Crippen LogP contribution in [0.3, 0.4) is 0 Å². The predicted octanol–water partition coefficient (Wildman–Crippen LogP) is 5.02. The summed E-state index contributed by atoms with van der Waals surface area (Å²) in [7, 11) is 1.57. The van der Waals surface area contributed by atoms with Gasteiger partial charge in [0.15, 0.2) is 11.9 Å². The van der Waals surface area contributed by atoms with Crippen molar-refractivity contribution in [2.75, 3.05) is 13.7 Å². The molecule has 5 rings (SSSR count). The molecular weight excluding hydrogens is 528 g/mol. The van der Waals surface area contributed by atoms with Crippen molar-refractivity contribution in [2.24, 2.45) is 0 Å². The Morgan fingerprint density at radius 3 is 1.88 bits per heavy atom. The molecule has 0 saturated carbocycles. The second kappa shape index (κ2) is 11.9. The summed E-state index contributed by atoms with van der Waals surface area (Å²) in [5.41, 5.74) is 2.84. The number of methoxy groups -OCH3 is 1. The third kappa shape index (κ3) is 6.70. The van der Waals surface area contributed by atoms with Crippen LogP contribution < -0.4 is 9.47 Å². The average Bonchev–Trinajstić information content (AvgIpc) is 3.29. The third-order valence-corrected chi connectivity index (χ3v) is 6.94. The molecule has 0 radical (unpaired) electrons. The van der Waals surface area contributed by atoms with Gasteiger partial charge in [0.05, 0.1) is 18.2 Å². The lowest BCUT2D eigenvalue weighted by Gasteiger charge is -2.41. The van der Waals surface area contributed by atoms with Gasteiger partial charge in [-0.3, -0.25) is 0 Å². The minimum Gasteiger partial charge on any atom is -0.497 e. The number of aryl methyl sites for hydroxylation is 2. The van der Waals surface area contributed by atoms with E-state index in [0.29, 0.717) is 22.6 Å². The van der Waals surface area contributed by atoms with E-state index in [1.807, 2.05) is 38.1 Å². The lowest BCUT2D eigenvalue weighted by molar-refractivity contribution is -0.253. The maximum atomic E-state index is 13.2. The highest BCUT2D eigenvalue weighted by Crippen LogP contribution is 2.40. The van der Waals surface area contributed by atoms with Gasteiger partial charge in [-0.15, -0.1) is 0 Å². The van der Waals surface area contributed by atoms with E-state index in [9.17, 15) is 9.59 Å². The lowest BCUT2D eigenvalue weighted by atomic mass is 9.99. The molecule has 9 heteroatoms. The number of carbonyl (C=O) groups is 2. The largest absolute Gasteiger partial charge is 0.497 e. The summed E-state index contributed by atoms with van der Waals surface area (Å²) >= 11 is 0. The van der Waals surface area contributed by atoms with E-state index in [4.69, 9.17) is 33.2 Å². The van der Waals surface area contributed by atoms with Crippen molar-refractivity contribution in [3.05, 3.63) is 95.1 Å². The van der Waals surface area contributed by atoms with Crippen LogP contribution in [0, 0.1) is 13.8 Å². The van der Waals surface area contributed by atoms with Crippen molar-refractivity contribution >= 4 is 11.9 Å². The summed E-state index contributed by atoms with van der Waals surface area (Å²) in [5, 5.41) is 0. The quantitative estimate of drug-likeness (QED) is 0.351. The van der Waals surface area contributed by atoms with E-state index in [-0.39, 0.29) is 6.61 Å². The monoisotopic (exact) mass is 562 g/mol. The Morgan fingerprint density at radius 1 is 0.756 bits per heavy atom. The topological polar surface area (TPSA) is 98.8 Å². The summed E-state index contributed by atoms with van der Waals surface area (Å²) in [5.74, 6) is -0.956. The van der Waals surface area contributed by atoms with Gasteiger partial charge in [-0.1, -0.05) is 35.4 Å². The van der Waals surface area contributed by atoms with Crippen LogP contribution in [0.4, 0.5) is 0 Å². The maximum Gasteiger partial charge on any atom is 0.338 e. The van der Waals surface area contributed by atoms with Crippen molar-refractivity contribution in [1.29, 1.82) is 0 Å². The zero-order chi connectivity index (χ0) is 29.1. The molecule has 2 saturated heterocycles. The first-order valence-corrected chi connectivity index (χ1v) is 13.4. The fourth-order valence-corrected chi connectivity index (χ4v) is 4.79. The van der Waals surface area contributed by atoms with Crippen LogP contribution in [0.25, 0.3) is 0 Å². The normalized spacial score (nSPS) is 24.7. The van der Waals surface area contributed by atoms with E-state index < -0.39 is 48.4 Å². The van der Waals surface area contributed by atoms with Crippen LogP contribution in [0.1, 0.15) is 45.7 Å². The summed E-state index contributed by atoms with van der Waals surface area (Å²) in [6.07, 6.45) is -4.34. The summed E-state index contributed by atoms with van der Waals surface area (Å²) in [4.78, 5) is 26.0. The minimum atomic E-state index is -1.10. The molecule has 0 N–H and O–H groups in total. The highest BCUT2D eigenvalue weighted by molar-refractivity contribution is 5.90. The van der Waals surface area contributed by atoms with Crippen molar-refractivity contribution in [1.82, 2.24) is 0 Å². The number of fused-ring (bicyclic) bond motifs is 1. The Kier molecular flexibility index (Phi) is 8.30. The molecule has 41 heavy (non-hydrogen) atoms. The Bertz CT molecular complexity index is 1350. The van der Waals surface area contributed by atoms with Crippen LogP contribution in [0.15, 0.2) is 72.8 Å². The van der Waals surface area contributed by atoms with E-state index in [0.717, 1.165) is 11.1 Å². The predicted molar refractivity (Wildman–Crippen MR) is 148 cm³/mol. The zero-order valence-electron chi connectivity index (χ0n) is 23.7. The van der Waals surface area contributed by atoms with E-state index in [1.54, 1.807) is 69.5 Å². The average molecular weight is 563 g/mol. The maximum absolute atomic E-state index is 13.2. The molecule has 2 fully saturated rings. The first kappa shape index (κ1) is 28.6. The summed E-state index contributed by atoms with van der Waals surface area (Å²) < 4.78 is 41.8. The SMILES string of the molecule is COc1ccc(O[C@@H]2O[C@H](COC(=O)c3ccc(C)cc3)[C@@H]3OC(C)(C)O[C@@H]3[C@H]2OC(=O)c2ccc(C)cc2)cc1. The molecule has 0 aromatic heterocycles. The Hall–Kier alpha value is -3.92. The molecule has 3 aromatic rings.